The van der Waals surface area contributed by atoms with Crippen molar-refractivity contribution in [1.82, 2.24) is 29.3 Å². The Kier molecular flexibility index (Phi) is 4.18. The molecule has 8 nitrogen and oxygen atoms in total. The fraction of sp³-hybridized carbons (Fsp3) is 0.500. The molecule has 3 aromatic heterocycles. The summed E-state index contributed by atoms with van der Waals surface area (Å²) in [6, 6.07) is 0. The number of fused-ring (bicyclic) bond motifs is 1. The third-order valence-corrected chi connectivity index (χ3v) is 5.13. The van der Waals surface area contributed by atoms with Gasteiger partial charge in [0.05, 0.1) is 17.9 Å². The Morgan fingerprint density at radius 2 is 1.92 bits per heavy atom. The van der Waals surface area contributed by atoms with Crippen molar-refractivity contribution < 1.29 is 0 Å². The number of piperidine rings is 1. The van der Waals surface area contributed by atoms with Crippen LogP contribution in [0.5, 0.6) is 0 Å². The molecule has 1 aliphatic rings. The van der Waals surface area contributed by atoms with E-state index < -0.39 is 0 Å². The minimum Gasteiger partial charge on any atom is -0.356 e. The Morgan fingerprint density at radius 1 is 1.15 bits per heavy atom. The summed E-state index contributed by atoms with van der Waals surface area (Å²) in [6.07, 6.45) is 7.15. The van der Waals surface area contributed by atoms with E-state index in [1.54, 1.807) is 21.8 Å². The Morgan fingerprint density at radius 3 is 2.69 bits per heavy atom. The second-order valence-electron chi connectivity index (χ2n) is 7.06. The van der Waals surface area contributed by atoms with Gasteiger partial charge in [0.15, 0.2) is 5.65 Å². The van der Waals surface area contributed by atoms with Crippen LogP contribution in [0.1, 0.15) is 24.2 Å². The van der Waals surface area contributed by atoms with Gasteiger partial charge < -0.3 is 4.90 Å². The van der Waals surface area contributed by atoms with Crippen LogP contribution in [0.2, 0.25) is 0 Å². The molecule has 0 spiro atoms. The summed E-state index contributed by atoms with van der Waals surface area (Å²) in [4.78, 5) is 27.8. The Balaban J connectivity index is 1.51. The number of rotatable bonds is 3. The van der Waals surface area contributed by atoms with Crippen LogP contribution in [0, 0.1) is 19.8 Å². The third-order valence-electron chi connectivity index (χ3n) is 5.13. The molecule has 8 heteroatoms. The standard InChI is InChI=1S/C18H23N7O/c1-12-8-19-11-25(18(12)26)10-14-4-6-24(7-5-14)17-15-9-20-23(3)16(15)21-13(2)22-17/h8-9,11,14H,4-7,10H2,1-3H3. The lowest BCUT2D eigenvalue weighted by molar-refractivity contribution is 0.350. The Hall–Kier alpha value is -2.77. The largest absolute Gasteiger partial charge is 0.356 e. The number of aryl methyl sites for hydroxylation is 3. The molecule has 0 radical (unpaired) electrons. The van der Waals surface area contributed by atoms with Crippen molar-refractivity contribution in [2.75, 3.05) is 18.0 Å². The highest BCUT2D eigenvalue weighted by Gasteiger charge is 2.23. The molecule has 3 aromatic rings. The van der Waals surface area contributed by atoms with Crippen LogP contribution < -0.4 is 10.5 Å². The lowest BCUT2D eigenvalue weighted by Crippen LogP contribution is -2.37. The number of hydrogen-bond donors (Lipinski definition) is 0. The van der Waals surface area contributed by atoms with Crippen LogP contribution >= 0.6 is 0 Å². The SMILES string of the molecule is Cc1nc(N2CCC(Cn3cncc(C)c3=O)CC2)c2cnn(C)c2n1. The molecule has 1 aliphatic heterocycles. The fourth-order valence-corrected chi connectivity index (χ4v) is 3.65. The second-order valence-corrected chi connectivity index (χ2v) is 7.06. The molecule has 0 aliphatic carbocycles. The van der Waals surface area contributed by atoms with Gasteiger partial charge in [-0.25, -0.2) is 15.0 Å². The van der Waals surface area contributed by atoms with Crippen molar-refractivity contribution in [3.8, 4) is 0 Å². The summed E-state index contributed by atoms with van der Waals surface area (Å²) >= 11 is 0. The van der Waals surface area contributed by atoms with Gasteiger partial charge >= 0.3 is 0 Å². The average molecular weight is 353 g/mol. The minimum absolute atomic E-state index is 0.0610. The normalized spacial score (nSPS) is 15.7. The van der Waals surface area contributed by atoms with Crippen molar-refractivity contribution in [1.29, 1.82) is 0 Å². The quantitative estimate of drug-likeness (QED) is 0.709. The second kappa shape index (κ2) is 6.51. The number of aromatic nitrogens is 6. The maximum atomic E-state index is 12.2. The van der Waals surface area contributed by atoms with E-state index >= 15 is 0 Å². The Bertz CT molecular complexity index is 998. The summed E-state index contributed by atoms with van der Waals surface area (Å²) in [5, 5.41) is 5.32. The maximum Gasteiger partial charge on any atom is 0.256 e. The van der Waals surface area contributed by atoms with Crippen molar-refractivity contribution in [3.05, 3.63) is 40.5 Å². The molecular weight excluding hydrogens is 330 g/mol. The molecule has 1 saturated heterocycles. The molecule has 4 heterocycles. The zero-order valence-corrected chi connectivity index (χ0v) is 15.4. The molecule has 0 unspecified atom stereocenters. The van der Waals surface area contributed by atoms with E-state index in [0.717, 1.165) is 55.2 Å². The van der Waals surface area contributed by atoms with Crippen LogP contribution in [0.15, 0.2) is 23.5 Å². The number of anilines is 1. The molecule has 1 fully saturated rings. The van der Waals surface area contributed by atoms with Crippen LogP contribution in [0.25, 0.3) is 11.0 Å². The molecule has 0 aromatic carbocycles. The van der Waals surface area contributed by atoms with Crippen LogP contribution in [-0.4, -0.2) is 42.4 Å². The zero-order valence-electron chi connectivity index (χ0n) is 15.4. The van der Waals surface area contributed by atoms with Gasteiger partial charge in [-0.05, 0) is 32.6 Å². The molecule has 26 heavy (non-hydrogen) atoms. The smallest absolute Gasteiger partial charge is 0.256 e. The lowest BCUT2D eigenvalue weighted by atomic mass is 9.96. The van der Waals surface area contributed by atoms with Crippen molar-refractivity contribution in [2.45, 2.75) is 33.2 Å². The van der Waals surface area contributed by atoms with Gasteiger partial charge in [-0.15, -0.1) is 0 Å². The summed E-state index contributed by atoms with van der Waals surface area (Å²) in [6.45, 7) is 6.29. The summed E-state index contributed by atoms with van der Waals surface area (Å²) in [5.41, 5.74) is 1.62. The molecule has 136 valence electrons. The Labute approximate surface area is 151 Å². The van der Waals surface area contributed by atoms with E-state index in [9.17, 15) is 4.79 Å². The predicted octanol–water partition coefficient (Wildman–Crippen LogP) is 1.45. The number of hydrogen-bond acceptors (Lipinski definition) is 6. The number of nitrogens with zero attached hydrogens (tertiary/aromatic N) is 7. The fourth-order valence-electron chi connectivity index (χ4n) is 3.65. The summed E-state index contributed by atoms with van der Waals surface area (Å²) < 4.78 is 3.53. The molecule has 0 bridgehead atoms. The van der Waals surface area contributed by atoms with Gasteiger partial charge in [-0.3, -0.25) is 14.0 Å². The van der Waals surface area contributed by atoms with Crippen LogP contribution in [0.4, 0.5) is 5.82 Å². The van der Waals surface area contributed by atoms with E-state index in [1.807, 2.05) is 27.1 Å². The van der Waals surface area contributed by atoms with Crippen molar-refractivity contribution in [2.24, 2.45) is 13.0 Å². The maximum absolute atomic E-state index is 12.2. The van der Waals surface area contributed by atoms with Gasteiger partial charge in [-0.2, -0.15) is 5.10 Å². The average Bonchev–Trinajstić information content (AvgIpc) is 3.00. The zero-order chi connectivity index (χ0) is 18.3. The topological polar surface area (TPSA) is 81.7 Å². The van der Waals surface area contributed by atoms with Gasteiger partial charge in [0.2, 0.25) is 0 Å². The highest BCUT2D eigenvalue weighted by atomic mass is 16.1. The van der Waals surface area contributed by atoms with Gasteiger partial charge in [-0.1, -0.05) is 0 Å². The molecule has 0 N–H and O–H groups in total. The van der Waals surface area contributed by atoms with E-state index in [-0.39, 0.29) is 5.56 Å². The van der Waals surface area contributed by atoms with E-state index in [4.69, 9.17) is 0 Å². The first kappa shape index (κ1) is 16.7. The van der Waals surface area contributed by atoms with Crippen molar-refractivity contribution >= 4 is 16.9 Å². The molecule has 0 saturated carbocycles. The van der Waals surface area contributed by atoms with Crippen LogP contribution in [0.3, 0.4) is 0 Å². The summed E-state index contributed by atoms with van der Waals surface area (Å²) in [5.74, 6) is 2.20. The van der Waals surface area contributed by atoms with Gasteiger partial charge in [0.25, 0.3) is 5.56 Å². The molecule has 0 atom stereocenters. The predicted molar refractivity (Wildman–Crippen MR) is 99.2 cm³/mol. The molecular formula is C18H23N7O. The molecule has 0 amide bonds. The lowest BCUT2D eigenvalue weighted by Gasteiger charge is -2.33. The van der Waals surface area contributed by atoms with Gasteiger partial charge in [0.1, 0.15) is 11.6 Å². The van der Waals surface area contributed by atoms with Gasteiger partial charge in [0, 0.05) is 38.4 Å². The summed E-state index contributed by atoms with van der Waals surface area (Å²) in [7, 11) is 1.90. The first-order valence-corrected chi connectivity index (χ1v) is 8.95. The third kappa shape index (κ3) is 2.95. The first-order valence-electron chi connectivity index (χ1n) is 8.95. The monoisotopic (exact) mass is 353 g/mol. The highest BCUT2D eigenvalue weighted by Crippen LogP contribution is 2.28. The van der Waals surface area contributed by atoms with Crippen molar-refractivity contribution in [3.63, 3.8) is 0 Å². The highest BCUT2D eigenvalue weighted by molar-refractivity contribution is 5.87. The first-order chi connectivity index (χ1) is 12.5. The van der Waals surface area contributed by atoms with E-state index in [0.29, 0.717) is 11.5 Å². The van der Waals surface area contributed by atoms with E-state index in [2.05, 4.69) is 25.0 Å². The van der Waals surface area contributed by atoms with E-state index in [1.165, 1.54) is 0 Å². The van der Waals surface area contributed by atoms with Crippen LogP contribution in [-0.2, 0) is 13.6 Å². The molecule has 4 rings (SSSR count). The minimum atomic E-state index is 0.0610.